The van der Waals surface area contributed by atoms with E-state index in [-0.39, 0.29) is 0 Å². The number of aromatic nitrogens is 1. The molecule has 2 rings (SSSR count). The minimum absolute atomic E-state index is 1.06. The second kappa shape index (κ2) is 2.45. The molecule has 11 heavy (non-hydrogen) atoms. The normalized spacial score (nSPS) is 14.5. The second-order valence-corrected chi connectivity index (χ2v) is 3.78. The molecule has 0 bridgehead atoms. The number of hydrogen-bond donors (Lipinski definition) is 0. The minimum atomic E-state index is 1.06. The number of allylic oxidation sites excluding steroid dienone is 1. The Morgan fingerprint density at radius 3 is 3.18 bits per heavy atom. The van der Waals surface area contributed by atoms with Crippen LogP contribution in [-0.2, 0) is 6.42 Å². The van der Waals surface area contributed by atoms with Crippen LogP contribution >= 0.6 is 15.9 Å². The zero-order chi connectivity index (χ0) is 7.84. The third-order valence-corrected chi connectivity index (χ3v) is 2.25. The zero-order valence-corrected chi connectivity index (χ0v) is 7.85. The van der Waals surface area contributed by atoms with Crippen LogP contribution in [0.3, 0.4) is 0 Å². The van der Waals surface area contributed by atoms with Crippen LogP contribution < -0.4 is 0 Å². The Balaban J connectivity index is 2.52. The fourth-order valence-electron chi connectivity index (χ4n) is 1.35. The summed E-state index contributed by atoms with van der Waals surface area (Å²) in [7, 11) is 0. The summed E-state index contributed by atoms with van der Waals surface area (Å²) in [5, 5.41) is 0. The van der Waals surface area contributed by atoms with Crippen LogP contribution in [0, 0.1) is 0 Å². The van der Waals surface area contributed by atoms with Crippen molar-refractivity contribution in [2.75, 3.05) is 0 Å². The van der Waals surface area contributed by atoms with Crippen LogP contribution in [0.4, 0.5) is 0 Å². The Hall–Kier alpha value is -0.630. The smallest absolute Gasteiger partial charge is 0.0665 e. The summed E-state index contributed by atoms with van der Waals surface area (Å²) >= 11 is 3.40. The van der Waals surface area contributed by atoms with Gasteiger partial charge in [0.25, 0.3) is 0 Å². The third kappa shape index (κ3) is 1.23. The first kappa shape index (κ1) is 7.04. The highest BCUT2D eigenvalue weighted by molar-refractivity contribution is 9.10. The Kier molecular flexibility index (Phi) is 1.57. The van der Waals surface area contributed by atoms with E-state index < -0.39 is 0 Å². The number of hydrogen-bond acceptors (Lipinski definition) is 1. The molecule has 0 fully saturated rings. The monoisotopic (exact) mass is 209 g/mol. The van der Waals surface area contributed by atoms with Gasteiger partial charge in [-0.25, -0.2) is 0 Å². The lowest BCUT2D eigenvalue weighted by Crippen LogP contribution is -1.85. The third-order valence-electron chi connectivity index (χ3n) is 1.82. The van der Waals surface area contributed by atoms with E-state index in [9.17, 15) is 0 Å². The van der Waals surface area contributed by atoms with Gasteiger partial charge in [-0.15, -0.1) is 0 Å². The lowest BCUT2D eigenvalue weighted by atomic mass is 10.2. The van der Waals surface area contributed by atoms with Crippen LogP contribution in [0.1, 0.15) is 18.2 Å². The van der Waals surface area contributed by atoms with Crippen molar-refractivity contribution in [3.8, 4) is 0 Å². The maximum atomic E-state index is 4.29. The molecule has 1 aromatic heterocycles. The summed E-state index contributed by atoms with van der Waals surface area (Å²) in [6.07, 6.45) is 5.04. The molecule has 0 N–H and O–H groups in total. The zero-order valence-electron chi connectivity index (χ0n) is 6.26. The molecule has 0 saturated heterocycles. The van der Waals surface area contributed by atoms with Gasteiger partial charge >= 0.3 is 0 Å². The van der Waals surface area contributed by atoms with E-state index in [1.165, 1.54) is 11.1 Å². The highest BCUT2D eigenvalue weighted by Gasteiger charge is 2.09. The van der Waals surface area contributed by atoms with Crippen LogP contribution in [0.2, 0.25) is 0 Å². The van der Waals surface area contributed by atoms with E-state index in [4.69, 9.17) is 0 Å². The quantitative estimate of drug-likeness (QED) is 0.641. The van der Waals surface area contributed by atoms with Gasteiger partial charge in [-0.05, 0) is 47.0 Å². The molecule has 56 valence electrons. The van der Waals surface area contributed by atoms with Crippen molar-refractivity contribution in [3.05, 3.63) is 33.6 Å². The first-order chi connectivity index (χ1) is 5.25. The predicted molar refractivity (Wildman–Crippen MR) is 49.3 cm³/mol. The van der Waals surface area contributed by atoms with E-state index in [1.54, 1.807) is 0 Å². The molecular weight excluding hydrogens is 202 g/mol. The van der Waals surface area contributed by atoms with E-state index in [0.29, 0.717) is 0 Å². The van der Waals surface area contributed by atoms with Crippen molar-refractivity contribution < 1.29 is 0 Å². The summed E-state index contributed by atoms with van der Waals surface area (Å²) < 4.78 is 1.07. The standard InChI is InChI=1S/C9H8BrN/c1-6-2-7-4-8(10)5-11-9(7)3-6/h3-5H,2H2,1H3. The molecule has 1 heterocycles. The van der Waals surface area contributed by atoms with Gasteiger partial charge < -0.3 is 0 Å². The van der Waals surface area contributed by atoms with Crippen molar-refractivity contribution in [3.63, 3.8) is 0 Å². The largest absolute Gasteiger partial charge is 0.255 e. The molecule has 1 nitrogen and oxygen atoms in total. The van der Waals surface area contributed by atoms with Gasteiger partial charge in [0.05, 0.1) is 5.69 Å². The molecule has 1 aliphatic carbocycles. The Morgan fingerprint density at radius 1 is 1.55 bits per heavy atom. The molecular formula is C9H8BrN. The molecule has 0 aromatic carbocycles. The highest BCUT2D eigenvalue weighted by atomic mass is 79.9. The highest BCUT2D eigenvalue weighted by Crippen LogP contribution is 2.24. The molecule has 0 spiro atoms. The molecule has 0 atom stereocenters. The average Bonchev–Trinajstić information content (AvgIpc) is 2.27. The number of fused-ring (bicyclic) bond motifs is 1. The molecule has 1 aliphatic rings. The summed E-state index contributed by atoms with van der Waals surface area (Å²) in [6, 6.07) is 2.13. The van der Waals surface area contributed by atoms with Crippen molar-refractivity contribution in [1.82, 2.24) is 4.98 Å². The average molecular weight is 210 g/mol. The molecule has 0 amide bonds. The lowest BCUT2D eigenvalue weighted by Gasteiger charge is -1.96. The van der Waals surface area contributed by atoms with Gasteiger partial charge in [-0.1, -0.05) is 5.57 Å². The fraction of sp³-hybridized carbons (Fsp3) is 0.222. The molecule has 0 unspecified atom stereocenters. The predicted octanol–water partition coefficient (Wildman–Crippen LogP) is 2.80. The molecule has 1 aromatic rings. The van der Waals surface area contributed by atoms with E-state index in [0.717, 1.165) is 16.6 Å². The molecule has 0 aliphatic heterocycles. The summed E-state index contributed by atoms with van der Waals surface area (Å²) in [4.78, 5) is 4.29. The minimum Gasteiger partial charge on any atom is -0.255 e. The Morgan fingerprint density at radius 2 is 2.36 bits per heavy atom. The number of halogens is 1. The van der Waals surface area contributed by atoms with Gasteiger partial charge in [0.1, 0.15) is 0 Å². The van der Waals surface area contributed by atoms with Crippen molar-refractivity contribution in [2.24, 2.45) is 0 Å². The maximum absolute atomic E-state index is 4.29. The summed E-state index contributed by atoms with van der Waals surface area (Å²) in [5.41, 5.74) is 3.85. The topological polar surface area (TPSA) is 12.9 Å². The second-order valence-electron chi connectivity index (χ2n) is 2.87. The van der Waals surface area contributed by atoms with Crippen molar-refractivity contribution in [1.29, 1.82) is 0 Å². The number of nitrogens with zero attached hydrogens (tertiary/aromatic N) is 1. The molecule has 0 saturated carbocycles. The van der Waals surface area contributed by atoms with Crippen molar-refractivity contribution >= 4 is 22.0 Å². The van der Waals surface area contributed by atoms with Gasteiger partial charge in [0, 0.05) is 10.7 Å². The van der Waals surface area contributed by atoms with Crippen LogP contribution in [0.15, 0.2) is 22.3 Å². The SMILES string of the molecule is CC1=Cc2ncc(Br)cc2C1. The number of rotatable bonds is 0. The number of pyridine rings is 1. The van der Waals surface area contributed by atoms with Gasteiger partial charge in [-0.2, -0.15) is 0 Å². The van der Waals surface area contributed by atoms with Crippen LogP contribution in [-0.4, -0.2) is 4.98 Å². The maximum Gasteiger partial charge on any atom is 0.0665 e. The van der Waals surface area contributed by atoms with Gasteiger partial charge in [0.2, 0.25) is 0 Å². The van der Waals surface area contributed by atoms with E-state index >= 15 is 0 Å². The van der Waals surface area contributed by atoms with E-state index in [1.807, 2.05) is 6.20 Å². The first-order valence-electron chi connectivity index (χ1n) is 3.57. The Labute approximate surface area is 74.3 Å². The summed E-state index contributed by atoms with van der Waals surface area (Å²) in [6.45, 7) is 2.13. The van der Waals surface area contributed by atoms with Gasteiger partial charge in [-0.3, -0.25) is 4.98 Å². The van der Waals surface area contributed by atoms with Crippen LogP contribution in [0.5, 0.6) is 0 Å². The van der Waals surface area contributed by atoms with Crippen molar-refractivity contribution in [2.45, 2.75) is 13.3 Å². The lowest BCUT2D eigenvalue weighted by molar-refractivity contribution is 1.15. The van der Waals surface area contributed by atoms with Crippen LogP contribution in [0.25, 0.3) is 6.08 Å². The van der Waals surface area contributed by atoms with E-state index in [2.05, 4.69) is 40.0 Å². The molecule has 0 radical (unpaired) electrons. The van der Waals surface area contributed by atoms with Gasteiger partial charge in [0.15, 0.2) is 0 Å². The molecule has 2 heteroatoms. The Bertz CT molecular complexity index is 328. The summed E-state index contributed by atoms with van der Waals surface area (Å²) in [5.74, 6) is 0. The fourth-order valence-corrected chi connectivity index (χ4v) is 1.73. The first-order valence-corrected chi connectivity index (χ1v) is 4.36.